The Bertz CT molecular complexity index is 541. The van der Waals surface area contributed by atoms with Crippen LogP contribution in [0.5, 0.6) is 0 Å². The Morgan fingerprint density at radius 2 is 1.15 bits per heavy atom. The lowest BCUT2D eigenvalue weighted by molar-refractivity contribution is -0.966. The van der Waals surface area contributed by atoms with Crippen LogP contribution in [0.1, 0.15) is 90.9 Å². The van der Waals surface area contributed by atoms with E-state index < -0.39 is 22.6 Å². The Kier molecular flexibility index (Phi) is 22.6. The summed E-state index contributed by atoms with van der Waals surface area (Å²) in [6, 6.07) is 0. The number of hydrogen-bond acceptors (Lipinski definition) is 7. The Morgan fingerprint density at radius 1 is 0.788 bits per heavy atom. The number of carboxylic acids is 1. The van der Waals surface area contributed by atoms with Gasteiger partial charge in [-0.2, -0.15) is 12.6 Å². The lowest BCUT2D eigenvalue weighted by atomic mass is 10.1. The third kappa shape index (κ3) is 21.5. The van der Waals surface area contributed by atoms with Gasteiger partial charge < -0.3 is 20.4 Å². The lowest BCUT2D eigenvalue weighted by Gasteiger charge is -2.40. The third-order valence-electron chi connectivity index (χ3n) is 5.66. The monoisotopic (exact) mass is 502 g/mol. The predicted octanol–water partition coefficient (Wildman–Crippen LogP) is 2.72. The van der Waals surface area contributed by atoms with Crippen LogP contribution in [0.2, 0.25) is 0 Å². The van der Waals surface area contributed by atoms with Crippen molar-refractivity contribution in [2.24, 2.45) is 0 Å². The second-order valence-electron chi connectivity index (χ2n) is 8.36. The number of unbranched alkanes of at least 4 members (excludes halogenated alkanes) is 10. The highest BCUT2D eigenvalue weighted by atomic mass is 32.3. The van der Waals surface area contributed by atoms with Crippen LogP contribution in [0.15, 0.2) is 0 Å². The van der Waals surface area contributed by atoms with Crippen molar-refractivity contribution in [1.29, 1.82) is 0 Å². The molecule has 0 aliphatic heterocycles. The number of carboxylic acid groups (broad SMARTS) is 1. The molecular formula is C22H48NO9S+. The quantitative estimate of drug-likeness (QED) is 0.0687. The van der Waals surface area contributed by atoms with E-state index in [9.17, 15) is 13.2 Å². The number of aliphatic carboxylic acids is 1. The van der Waals surface area contributed by atoms with Gasteiger partial charge in [-0.25, -0.2) is 0 Å². The van der Waals surface area contributed by atoms with Crippen LogP contribution >= 0.6 is 0 Å². The molecule has 0 rings (SSSR count). The molecule has 1 unspecified atom stereocenters. The summed E-state index contributed by atoms with van der Waals surface area (Å²) in [5, 5.41) is 35.3. The van der Waals surface area contributed by atoms with E-state index in [1.165, 1.54) is 64.7 Å². The molecule has 5 N–H and O–H groups in total. The smallest absolute Gasteiger partial charge is 0.402 e. The van der Waals surface area contributed by atoms with Crippen LogP contribution in [0.3, 0.4) is 0 Å². The van der Waals surface area contributed by atoms with Gasteiger partial charge in [0.05, 0.1) is 19.8 Å². The number of aliphatic hydroxyl groups excluding tert-OH is 3. The standard InChI is InChI=1S/C14H28O2.C8H19NO7S/c1-2-3-4-5-6-7-8-9-10-11-12-13-14(15)16;1-8(16-17(13,14)15)9(2-5-10,3-6-11)4-7-12/h2-13H2,1H3,(H,15,16);8,10-12H,2-7H2,1H3/p+1. The van der Waals surface area contributed by atoms with Gasteiger partial charge in [0.15, 0.2) is 0 Å². The molecule has 0 saturated heterocycles. The van der Waals surface area contributed by atoms with Crippen molar-refractivity contribution in [1.82, 2.24) is 0 Å². The molecule has 0 aliphatic carbocycles. The lowest BCUT2D eigenvalue weighted by Crippen LogP contribution is -2.59. The minimum atomic E-state index is -4.62. The van der Waals surface area contributed by atoms with E-state index in [0.29, 0.717) is 6.42 Å². The van der Waals surface area contributed by atoms with E-state index in [0.717, 1.165) is 12.8 Å². The number of hydrogen-bond donors (Lipinski definition) is 5. The summed E-state index contributed by atoms with van der Waals surface area (Å²) in [6.45, 7) is 3.12. The van der Waals surface area contributed by atoms with Crippen molar-refractivity contribution >= 4 is 16.4 Å². The van der Waals surface area contributed by atoms with E-state index in [2.05, 4.69) is 11.1 Å². The molecule has 0 aliphatic rings. The van der Waals surface area contributed by atoms with Crippen LogP contribution in [0.4, 0.5) is 0 Å². The molecule has 0 aromatic heterocycles. The van der Waals surface area contributed by atoms with Gasteiger partial charge in [0.2, 0.25) is 6.23 Å². The molecule has 0 bridgehead atoms. The molecule has 200 valence electrons. The van der Waals surface area contributed by atoms with Crippen molar-refractivity contribution in [3.8, 4) is 0 Å². The molecule has 10 nitrogen and oxygen atoms in total. The van der Waals surface area contributed by atoms with Crippen molar-refractivity contribution in [3.05, 3.63) is 0 Å². The van der Waals surface area contributed by atoms with Crippen molar-refractivity contribution in [3.63, 3.8) is 0 Å². The van der Waals surface area contributed by atoms with Gasteiger partial charge in [-0.15, -0.1) is 0 Å². The van der Waals surface area contributed by atoms with Crippen LogP contribution < -0.4 is 0 Å². The SMILES string of the molecule is CC(OS(=O)(=O)O)[N+](CCO)(CCO)CCO.CCCCCCCCCCCCCC(=O)O. The van der Waals surface area contributed by atoms with E-state index in [4.69, 9.17) is 25.0 Å². The highest BCUT2D eigenvalue weighted by molar-refractivity contribution is 7.80. The molecule has 0 heterocycles. The minimum absolute atomic E-state index is 0.0950. The Labute approximate surface area is 200 Å². The highest BCUT2D eigenvalue weighted by Crippen LogP contribution is 2.16. The molecule has 11 heteroatoms. The van der Waals surface area contributed by atoms with E-state index in [1.807, 2.05) is 0 Å². The number of aliphatic hydroxyl groups is 3. The molecule has 0 amide bonds. The summed E-state index contributed by atoms with van der Waals surface area (Å²) >= 11 is 0. The van der Waals surface area contributed by atoms with Crippen LogP contribution in [0.25, 0.3) is 0 Å². The van der Waals surface area contributed by atoms with Crippen molar-refractivity contribution < 1.29 is 46.9 Å². The van der Waals surface area contributed by atoms with Crippen molar-refractivity contribution in [2.45, 2.75) is 97.1 Å². The molecule has 0 spiro atoms. The van der Waals surface area contributed by atoms with Gasteiger partial charge in [0.1, 0.15) is 19.6 Å². The highest BCUT2D eigenvalue weighted by Gasteiger charge is 2.36. The summed E-state index contributed by atoms with van der Waals surface area (Å²) in [6.07, 6.45) is 13.3. The third-order valence-corrected chi connectivity index (χ3v) is 6.18. The van der Waals surface area contributed by atoms with Gasteiger partial charge >= 0.3 is 16.4 Å². The van der Waals surface area contributed by atoms with Crippen LogP contribution in [-0.2, 0) is 19.4 Å². The Morgan fingerprint density at radius 3 is 1.45 bits per heavy atom. The molecule has 0 aromatic rings. The second kappa shape index (κ2) is 21.7. The fraction of sp³-hybridized carbons (Fsp3) is 0.955. The first-order valence-corrected chi connectivity index (χ1v) is 13.5. The van der Waals surface area contributed by atoms with E-state index in [1.54, 1.807) is 0 Å². The van der Waals surface area contributed by atoms with Gasteiger partial charge in [-0.1, -0.05) is 71.1 Å². The van der Waals surface area contributed by atoms with E-state index >= 15 is 0 Å². The number of nitrogens with zero attached hydrogens (tertiary/aromatic N) is 1. The zero-order valence-corrected chi connectivity index (χ0v) is 21.3. The summed E-state index contributed by atoms with van der Waals surface area (Å²) < 4.78 is 34.1. The van der Waals surface area contributed by atoms with Crippen LogP contribution in [-0.4, -0.2) is 89.5 Å². The van der Waals surface area contributed by atoms with E-state index in [-0.39, 0.29) is 43.9 Å². The minimum Gasteiger partial charge on any atom is -0.481 e. The first-order chi connectivity index (χ1) is 15.6. The zero-order chi connectivity index (χ0) is 25.6. The van der Waals surface area contributed by atoms with Gasteiger partial charge in [-0.05, 0) is 6.42 Å². The summed E-state index contributed by atoms with van der Waals surface area (Å²) in [5.74, 6) is -0.657. The molecule has 1 atom stereocenters. The molecular weight excluding hydrogens is 454 g/mol. The average Bonchev–Trinajstić information content (AvgIpc) is 2.71. The normalized spacial score (nSPS) is 12.8. The van der Waals surface area contributed by atoms with Gasteiger partial charge in [0, 0.05) is 13.3 Å². The van der Waals surface area contributed by atoms with Crippen LogP contribution in [0, 0.1) is 0 Å². The average molecular weight is 503 g/mol. The summed E-state index contributed by atoms with van der Waals surface area (Å²) in [7, 11) is -4.62. The second-order valence-corrected chi connectivity index (χ2v) is 9.41. The maximum Gasteiger partial charge on any atom is 0.402 e. The van der Waals surface area contributed by atoms with Gasteiger partial charge in [0.25, 0.3) is 0 Å². The summed E-state index contributed by atoms with van der Waals surface area (Å²) in [4.78, 5) is 10.3. The van der Waals surface area contributed by atoms with Crippen molar-refractivity contribution in [2.75, 3.05) is 39.5 Å². The Hall–Kier alpha value is -0.820. The molecule has 0 radical (unpaired) electrons. The number of carbonyl (C=O) groups is 1. The molecule has 0 saturated carbocycles. The largest absolute Gasteiger partial charge is 0.481 e. The zero-order valence-electron chi connectivity index (χ0n) is 20.5. The first kappa shape index (κ1) is 34.3. The fourth-order valence-electron chi connectivity index (χ4n) is 3.69. The predicted molar refractivity (Wildman–Crippen MR) is 127 cm³/mol. The number of quaternary nitrogens is 1. The van der Waals surface area contributed by atoms with Gasteiger partial charge in [-0.3, -0.25) is 13.8 Å². The number of rotatable bonds is 21. The maximum atomic E-state index is 10.6. The molecule has 33 heavy (non-hydrogen) atoms. The first-order valence-electron chi connectivity index (χ1n) is 12.1. The molecule has 0 fully saturated rings. The summed E-state index contributed by atoms with van der Waals surface area (Å²) in [5.41, 5.74) is 0. The Balaban J connectivity index is 0. The fourth-order valence-corrected chi connectivity index (χ4v) is 4.22. The topological polar surface area (TPSA) is 162 Å². The maximum absolute atomic E-state index is 10.6. The molecule has 0 aromatic carbocycles.